The van der Waals surface area contributed by atoms with Gasteiger partial charge < -0.3 is 14.8 Å². The van der Waals surface area contributed by atoms with Gasteiger partial charge in [0.05, 0.1) is 17.8 Å². The molecule has 1 fully saturated rings. The van der Waals surface area contributed by atoms with Gasteiger partial charge in [-0.3, -0.25) is 4.98 Å². The van der Waals surface area contributed by atoms with Gasteiger partial charge in [0.25, 0.3) is 0 Å². The second-order valence-corrected chi connectivity index (χ2v) is 8.04. The van der Waals surface area contributed by atoms with Crippen molar-refractivity contribution in [3.05, 3.63) is 54.1 Å². The Kier molecular flexibility index (Phi) is 4.38. The molecule has 0 bridgehead atoms. The average Bonchev–Trinajstić information content (AvgIpc) is 3.11. The molecule has 1 aliphatic heterocycles. The third kappa shape index (κ3) is 3.05. The van der Waals surface area contributed by atoms with Crippen molar-refractivity contribution in [1.82, 2.24) is 19.8 Å². The summed E-state index contributed by atoms with van der Waals surface area (Å²) in [5, 5.41) is 4.28. The van der Waals surface area contributed by atoms with E-state index in [0.29, 0.717) is 6.04 Å². The Labute approximate surface area is 149 Å². The first-order chi connectivity index (χ1) is 11.3. The van der Waals surface area contributed by atoms with E-state index in [1.54, 1.807) is 0 Å². The molecule has 1 N–H and O–H groups in total. The Morgan fingerprint density at radius 2 is 1.96 bits per heavy atom. The topological polar surface area (TPSA) is 33.1 Å². The zero-order valence-corrected chi connectivity index (χ0v) is 15.8. The maximum absolute atomic E-state index is 5.63. The van der Waals surface area contributed by atoms with Crippen LogP contribution in [0.15, 0.2) is 42.9 Å². The standard InChI is InChI=1S/C19H26N4S/c1-13(2)23-17(14-9-11-22(12-14)19(3,4)5)16(21-18(23)24)15-8-6-7-10-20-15/h6-13,16-17H,1-5H3,(H,21,24). The number of thiocarbonyl (C=S) groups is 1. The van der Waals surface area contributed by atoms with Gasteiger partial charge in [0, 0.05) is 30.2 Å². The third-order valence-corrected chi connectivity index (χ3v) is 4.85. The summed E-state index contributed by atoms with van der Waals surface area (Å²) in [4.78, 5) is 6.85. The van der Waals surface area contributed by atoms with Crippen LogP contribution in [0, 0.1) is 0 Å². The van der Waals surface area contributed by atoms with Crippen molar-refractivity contribution in [2.45, 2.75) is 58.3 Å². The molecule has 1 saturated heterocycles. The molecule has 4 nitrogen and oxygen atoms in total. The van der Waals surface area contributed by atoms with Gasteiger partial charge in [-0.1, -0.05) is 6.07 Å². The maximum Gasteiger partial charge on any atom is 0.170 e. The number of rotatable bonds is 3. The van der Waals surface area contributed by atoms with Gasteiger partial charge in [0.1, 0.15) is 0 Å². The van der Waals surface area contributed by atoms with Crippen molar-refractivity contribution in [1.29, 1.82) is 0 Å². The van der Waals surface area contributed by atoms with Crippen LogP contribution in [0.3, 0.4) is 0 Å². The van der Waals surface area contributed by atoms with E-state index in [1.165, 1.54) is 5.56 Å². The summed E-state index contributed by atoms with van der Waals surface area (Å²) in [6.07, 6.45) is 6.24. The van der Waals surface area contributed by atoms with Crippen molar-refractivity contribution in [2.24, 2.45) is 0 Å². The van der Waals surface area contributed by atoms with E-state index < -0.39 is 0 Å². The number of pyridine rings is 1. The van der Waals surface area contributed by atoms with Gasteiger partial charge in [0.15, 0.2) is 5.11 Å². The summed E-state index contributed by atoms with van der Waals surface area (Å²) in [6.45, 7) is 11.0. The highest BCUT2D eigenvalue weighted by atomic mass is 32.1. The van der Waals surface area contributed by atoms with E-state index in [1.807, 2.05) is 18.3 Å². The Morgan fingerprint density at radius 3 is 2.50 bits per heavy atom. The molecule has 24 heavy (non-hydrogen) atoms. The van der Waals surface area contributed by atoms with Gasteiger partial charge in [-0.2, -0.15) is 0 Å². The molecule has 0 aliphatic carbocycles. The van der Waals surface area contributed by atoms with Crippen molar-refractivity contribution < 1.29 is 0 Å². The molecule has 3 heterocycles. The molecule has 2 atom stereocenters. The second kappa shape index (κ2) is 6.20. The number of hydrogen-bond acceptors (Lipinski definition) is 2. The monoisotopic (exact) mass is 342 g/mol. The fourth-order valence-electron chi connectivity index (χ4n) is 3.28. The highest BCUT2D eigenvalue weighted by molar-refractivity contribution is 7.80. The van der Waals surface area contributed by atoms with Crippen LogP contribution in [0.25, 0.3) is 0 Å². The number of aromatic nitrogens is 2. The summed E-state index contributed by atoms with van der Waals surface area (Å²) in [5.41, 5.74) is 2.35. The molecule has 0 radical (unpaired) electrons. The summed E-state index contributed by atoms with van der Waals surface area (Å²) < 4.78 is 2.26. The lowest BCUT2D eigenvalue weighted by molar-refractivity contribution is 0.269. The lowest BCUT2D eigenvalue weighted by atomic mass is 9.98. The molecule has 0 aromatic carbocycles. The van der Waals surface area contributed by atoms with Crippen molar-refractivity contribution in [3.8, 4) is 0 Å². The Hall–Kier alpha value is -1.88. The smallest absolute Gasteiger partial charge is 0.170 e. The molecule has 2 aromatic rings. The number of nitrogens with zero attached hydrogens (tertiary/aromatic N) is 3. The van der Waals surface area contributed by atoms with Crippen LogP contribution in [0.2, 0.25) is 0 Å². The van der Waals surface area contributed by atoms with Crippen LogP contribution in [0.1, 0.15) is 58.0 Å². The molecule has 5 heteroatoms. The minimum atomic E-state index is 0.0634. The molecule has 2 unspecified atom stereocenters. The van der Waals surface area contributed by atoms with Crippen LogP contribution >= 0.6 is 12.2 Å². The fraction of sp³-hybridized carbons (Fsp3) is 0.474. The largest absolute Gasteiger partial charge is 0.352 e. The predicted octanol–water partition coefficient (Wildman–Crippen LogP) is 4.02. The number of hydrogen-bond donors (Lipinski definition) is 1. The lowest BCUT2D eigenvalue weighted by Gasteiger charge is -2.30. The first kappa shape index (κ1) is 17.0. The molecule has 128 valence electrons. The molecule has 0 amide bonds. The SMILES string of the molecule is CC(C)N1C(=S)NC(c2ccccn2)C1c1ccn(C(C)(C)C)c1. The molecule has 0 saturated carbocycles. The molecule has 0 spiro atoms. The van der Waals surface area contributed by atoms with Gasteiger partial charge in [-0.25, -0.2) is 0 Å². The average molecular weight is 343 g/mol. The highest BCUT2D eigenvalue weighted by Crippen LogP contribution is 2.40. The second-order valence-electron chi connectivity index (χ2n) is 7.65. The number of nitrogens with one attached hydrogen (secondary N) is 1. The van der Waals surface area contributed by atoms with Crippen LogP contribution in [-0.4, -0.2) is 25.6 Å². The van der Waals surface area contributed by atoms with Gasteiger partial charge in [-0.15, -0.1) is 0 Å². The summed E-state index contributed by atoms with van der Waals surface area (Å²) in [6, 6.07) is 8.79. The summed E-state index contributed by atoms with van der Waals surface area (Å²) in [5.74, 6) is 0. The zero-order valence-electron chi connectivity index (χ0n) is 15.0. The highest BCUT2D eigenvalue weighted by Gasteiger charge is 2.41. The van der Waals surface area contributed by atoms with E-state index >= 15 is 0 Å². The molecule has 3 rings (SSSR count). The minimum absolute atomic E-state index is 0.0634. The predicted molar refractivity (Wildman–Crippen MR) is 102 cm³/mol. The van der Waals surface area contributed by atoms with Gasteiger partial charge in [0.2, 0.25) is 0 Å². The van der Waals surface area contributed by atoms with Crippen molar-refractivity contribution in [3.63, 3.8) is 0 Å². The first-order valence-corrected chi connectivity index (χ1v) is 8.88. The van der Waals surface area contributed by atoms with Crippen molar-refractivity contribution in [2.75, 3.05) is 0 Å². The van der Waals surface area contributed by atoms with E-state index in [0.717, 1.165) is 10.8 Å². The fourth-order valence-corrected chi connectivity index (χ4v) is 3.73. The Morgan fingerprint density at radius 1 is 1.21 bits per heavy atom. The quantitative estimate of drug-likeness (QED) is 0.854. The summed E-state index contributed by atoms with van der Waals surface area (Å²) in [7, 11) is 0. The molecular weight excluding hydrogens is 316 g/mol. The van der Waals surface area contributed by atoms with E-state index in [-0.39, 0.29) is 17.6 Å². The Balaban J connectivity index is 2.04. The molecular formula is C19H26N4S. The van der Waals surface area contributed by atoms with Crippen LogP contribution in [0.4, 0.5) is 0 Å². The first-order valence-electron chi connectivity index (χ1n) is 8.47. The zero-order chi connectivity index (χ0) is 17.5. The van der Waals surface area contributed by atoms with Crippen LogP contribution < -0.4 is 5.32 Å². The van der Waals surface area contributed by atoms with Gasteiger partial charge in [-0.05, 0) is 70.6 Å². The maximum atomic E-state index is 5.63. The van der Waals surface area contributed by atoms with E-state index in [4.69, 9.17) is 12.2 Å². The van der Waals surface area contributed by atoms with E-state index in [9.17, 15) is 0 Å². The minimum Gasteiger partial charge on any atom is -0.352 e. The van der Waals surface area contributed by atoms with Crippen LogP contribution in [-0.2, 0) is 5.54 Å². The third-order valence-electron chi connectivity index (χ3n) is 4.52. The van der Waals surface area contributed by atoms with Gasteiger partial charge >= 0.3 is 0 Å². The molecule has 2 aromatic heterocycles. The summed E-state index contributed by atoms with van der Waals surface area (Å²) >= 11 is 5.63. The normalized spacial score (nSPS) is 21.4. The van der Waals surface area contributed by atoms with Crippen LogP contribution in [0.5, 0.6) is 0 Å². The molecule has 1 aliphatic rings. The van der Waals surface area contributed by atoms with E-state index in [2.05, 4.69) is 78.9 Å². The van der Waals surface area contributed by atoms with Crippen molar-refractivity contribution >= 4 is 17.3 Å². The Bertz CT molecular complexity index is 714. The lowest BCUT2D eigenvalue weighted by Crippen LogP contribution is -2.35.